The molecule has 0 spiro atoms. The van der Waals surface area contributed by atoms with E-state index >= 15 is 0 Å². The average Bonchev–Trinajstić information content (AvgIpc) is 3.05. The molecule has 0 aliphatic heterocycles. The molecule has 0 radical (unpaired) electrons. The number of carbonyl (C=O) groups excluding carboxylic acids is 1. The van der Waals surface area contributed by atoms with Crippen molar-refractivity contribution in [2.45, 2.75) is 56.5 Å². The van der Waals surface area contributed by atoms with E-state index in [9.17, 15) is 14.3 Å². The number of rotatable bonds is 7. The number of aromatic nitrogens is 2. The molecule has 1 saturated carbocycles. The molecule has 0 saturated heterocycles. The first-order valence-corrected chi connectivity index (χ1v) is 9.96. The molecular formula is C19H24FN3O2S. The lowest BCUT2D eigenvalue weighted by Gasteiger charge is -2.22. The number of hydrogen-bond acceptors (Lipinski definition) is 4. The number of hydrogen-bond donors (Lipinski definition) is 2. The Morgan fingerprint density at radius 2 is 2.00 bits per heavy atom. The first-order valence-electron chi connectivity index (χ1n) is 8.97. The van der Waals surface area contributed by atoms with E-state index in [4.69, 9.17) is 0 Å². The lowest BCUT2D eigenvalue weighted by atomic mass is 9.95. The highest BCUT2D eigenvalue weighted by Crippen LogP contribution is 2.21. The Kier molecular flexibility index (Phi) is 6.68. The number of halogens is 1. The zero-order chi connectivity index (χ0) is 18.4. The van der Waals surface area contributed by atoms with Gasteiger partial charge in [0.05, 0.1) is 18.1 Å². The van der Waals surface area contributed by atoms with Gasteiger partial charge < -0.3 is 15.0 Å². The molecule has 1 amide bonds. The van der Waals surface area contributed by atoms with Gasteiger partial charge in [0.25, 0.3) is 0 Å². The third-order valence-corrected chi connectivity index (χ3v) is 5.51. The fraction of sp³-hybridized carbons (Fsp3) is 0.474. The van der Waals surface area contributed by atoms with E-state index in [0.717, 1.165) is 18.4 Å². The molecule has 1 heterocycles. The van der Waals surface area contributed by atoms with Crippen LogP contribution in [0, 0.1) is 5.82 Å². The van der Waals surface area contributed by atoms with Crippen molar-refractivity contribution in [3.8, 4) is 0 Å². The van der Waals surface area contributed by atoms with Crippen molar-refractivity contribution in [2.24, 2.45) is 0 Å². The second-order valence-corrected chi connectivity index (χ2v) is 7.56. The molecule has 2 N–H and O–H groups in total. The Labute approximate surface area is 157 Å². The van der Waals surface area contributed by atoms with Crippen molar-refractivity contribution in [1.82, 2.24) is 14.9 Å². The van der Waals surface area contributed by atoms with Crippen molar-refractivity contribution < 1.29 is 14.3 Å². The Hall–Kier alpha value is -1.86. The fourth-order valence-electron chi connectivity index (χ4n) is 3.19. The molecule has 1 aliphatic rings. The van der Waals surface area contributed by atoms with Gasteiger partial charge in [0.2, 0.25) is 5.91 Å². The van der Waals surface area contributed by atoms with E-state index in [1.807, 2.05) is 4.57 Å². The van der Waals surface area contributed by atoms with Gasteiger partial charge >= 0.3 is 0 Å². The lowest BCUT2D eigenvalue weighted by Crippen LogP contribution is -2.37. The number of aliphatic hydroxyl groups excluding tert-OH is 1. The van der Waals surface area contributed by atoms with E-state index in [0.29, 0.717) is 29.2 Å². The van der Waals surface area contributed by atoms with Crippen LogP contribution in [0.1, 0.15) is 43.4 Å². The summed E-state index contributed by atoms with van der Waals surface area (Å²) in [6.07, 6.45) is 7.51. The van der Waals surface area contributed by atoms with Crippen LogP contribution in [0.4, 0.5) is 4.39 Å². The third-order valence-electron chi connectivity index (χ3n) is 4.52. The highest BCUT2D eigenvalue weighted by Gasteiger charge is 2.17. The van der Waals surface area contributed by atoms with Gasteiger partial charge in [-0.05, 0) is 30.5 Å². The second kappa shape index (κ2) is 9.19. The summed E-state index contributed by atoms with van der Waals surface area (Å²) in [6, 6.07) is 6.58. The van der Waals surface area contributed by atoms with Gasteiger partial charge in [0, 0.05) is 18.8 Å². The third kappa shape index (κ3) is 5.32. The minimum absolute atomic E-state index is 0.0174. The SMILES string of the molecule is O=C(CSc1nc(CO)cn1Cc1ccc(F)cc1)NC1CCCCC1. The van der Waals surface area contributed by atoms with E-state index < -0.39 is 0 Å². The summed E-state index contributed by atoms with van der Waals surface area (Å²) >= 11 is 1.36. The number of carbonyl (C=O) groups is 1. The van der Waals surface area contributed by atoms with Gasteiger partial charge in [-0.25, -0.2) is 9.37 Å². The van der Waals surface area contributed by atoms with Crippen molar-refractivity contribution in [3.63, 3.8) is 0 Å². The minimum Gasteiger partial charge on any atom is -0.390 e. The topological polar surface area (TPSA) is 67.1 Å². The molecule has 5 nitrogen and oxygen atoms in total. The van der Waals surface area contributed by atoms with Gasteiger partial charge in [0.1, 0.15) is 5.82 Å². The maximum Gasteiger partial charge on any atom is 0.230 e. The zero-order valence-corrected chi connectivity index (χ0v) is 15.5. The summed E-state index contributed by atoms with van der Waals surface area (Å²) in [7, 11) is 0. The van der Waals surface area contributed by atoms with E-state index in [1.54, 1.807) is 18.3 Å². The van der Waals surface area contributed by atoms with Gasteiger partial charge in [-0.15, -0.1) is 0 Å². The van der Waals surface area contributed by atoms with Crippen LogP contribution in [-0.2, 0) is 17.9 Å². The number of benzene rings is 1. The Bertz CT molecular complexity index is 727. The quantitative estimate of drug-likeness (QED) is 0.728. The molecule has 1 aliphatic carbocycles. The van der Waals surface area contributed by atoms with Crippen LogP contribution in [0.5, 0.6) is 0 Å². The first-order chi connectivity index (χ1) is 12.6. The van der Waals surface area contributed by atoms with Crippen LogP contribution in [-0.4, -0.2) is 32.4 Å². The summed E-state index contributed by atoms with van der Waals surface area (Å²) < 4.78 is 15.0. The largest absolute Gasteiger partial charge is 0.390 e. The standard InChI is InChI=1S/C19H24FN3O2S/c20-15-8-6-14(7-9-15)10-23-11-17(12-24)22-19(23)26-13-18(25)21-16-4-2-1-3-5-16/h6-9,11,16,24H,1-5,10,12-13H2,(H,21,25). The number of amides is 1. The molecule has 0 bridgehead atoms. The van der Waals surface area contributed by atoms with Crippen LogP contribution in [0.2, 0.25) is 0 Å². The minimum atomic E-state index is -0.274. The molecule has 0 unspecified atom stereocenters. The normalized spacial score (nSPS) is 15.2. The van der Waals surface area contributed by atoms with Crippen LogP contribution in [0.25, 0.3) is 0 Å². The summed E-state index contributed by atoms with van der Waals surface area (Å²) in [5.41, 5.74) is 1.49. The Morgan fingerprint density at radius 1 is 1.27 bits per heavy atom. The van der Waals surface area contributed by atoms with Gasteiger partial charge in [-0.3, -0.25) is 4.79 Å². The van der Waals surface area contributed by atoms with E-state index in [-0.39, 0.29) is 18.3 Å². The van der Waals surface area contributed by atoms with Crippen LogP contribution in [0.3, 0.4) is 0 Å². The van der Waals surface area contributed by atoms with Crippen molar-refractivity contribution in [1.29, 1.82) is 0 Å². The monoisotopic (exact) mass is 377 g/mol. The second-order valence-electron chi connectivity index (χ2n) is 6.62. The van der Waals surface area contributed by atoms with Gasteiger partial charge in [-0.1, -0.05) is 43.2 Å². The molecule has 26 heavy (non-hydrogen) atoms. The van der Waals surface area contributed by atoms with Crippen LogP contribution in [0.15, 0.2) is 35.6 Å². The van der Waals surface area contributed by atoms with Crippen LogP contribution >= 0.6 is 11.8 Å². The van der Waals surface area contributed by atoms with Gasteiger partial charge in [0.15, 0.2) is 5.16 Å². The number of aliphatic hydroxyl groups is 1. The number of imidazole rings is 1. The summed E-state index contributed by atoms with van der Waals surface area (Å²) in [5.74, 6) is 0.0371. The molecular weight excluding hydrogens is 353 g/mol. The maximum atomic E-state index is 13.1. The number of nitrogens with zero attached hydrogens (tertiary/aromatic N) is 2. The molecule has 3 rings (SSSR count). The number of nitrogens with one attached hydrogen (secondary N) is 1. The molecule has 1 fully saturated rings. The summed E-state index contributed by atoms with van der Waals surface area (Å²) in [5, 5.41) is 13.1. The molecule has 1 aromatic heterocycles. The smallest absolute Gasteiger partial charge is 0.230 e. The zero-order valence-electron chi connectivity index (χ0n) is 14.7. The molecule has 7 heteroatoms. The van der Waals surface area contributed by atoms with Gasteiger partial charge in [-0.2, -0.15) is 0 Å². The predicted molar refractivity (Wildman–Crippen MR) is 99.4 cm³/mol. The molecule has 1 aromatic carbocycles. The highest BCUT2D eigenvalue weighted by molar-refractivity contribution is 7.99. The molecule has 140 valence electrons. The average molecular weight is 377 g/mol. The Balaban J connectivity index is 1.60. The highest BCUT2D eigenvalue weighted by atomic mass is 32.2. The Morgan fingerprint density at radius 3 is 2.69 bits per heavy atom. The van der Waals surface area contributed by atoms with Crippen molar-refractivity contribution >= 4 is 17.7 Å². The van der Waals surface area contributed by atoms with Crippen LogP contribution < -0.4 is 5.32 Å². The number of thioether (sulfide) groups is 1. The fourth-order valence-corrected chi connectivity index (χ4v) is 4.00. The van der Waals surface area contributed by atoms with Crippen molar-refractivity contribution in [3.05, 3.63) is 47.5 Å². The molecule has 0 atom stereocenters. The lowest BCUT2D eigenvalue weighted by molar-refractivity contribution is -0.119. The van der Waals surface area contributed by atoms with E-state index in [2.05, 4.69) is 10.3 Å². The summed E-state index contributed by atoms with van der Waals surface area (Å²) in [6.45, 7) is 0.359. The predicted octanol–water partition coefficient (Wildman–Crippen LogP) is 3.10. The first kappa shape index (κ1) is 18.9. The molecule has 2 aromatic rings. The van der Waals surface area contributed by atoms with E-state index in [1.165, 1.54) is 43.2 Å². The summed E-state index contributed by atoms with van der Waals surface area (Å²) in [4.78, 5) is 16.6. The van der Waals surface area contributed by atoms with Crippen molar-refractivity contribution in [2.75, 3.05) is 5.75 Å². The maximum absolute atomic E-state index is 13.1.